The van der Waals surface area contributed by atoms with E-state index in [9.17, 15) is 0 Å². The Hall–Kier alpha value is -4.51. The molecule has 0 unspecified atom stereocenters. The highest BCUT2D eigenvalue weighted by molar-refractivity contribution is 6.99. The maximum Gasteiger partial charge on any atom is 0.261 e. The van der Waals surface area contributed by atoms with E-state index >= 15 is 0 Å². The largest absolute Gasteiger partial charge is 0.407 e. The molecule has 0 saturated heterocycles. The van der Waals surface area contributed by atoms with Crippen LogP contribution in [0.4, 0.5) is 0 Å². The summed E-state index contributed by atoms with van der Waals surface area (Å²) < 4.78 is 9.64. The van der Waals surface area contributed by atoms with Crippen LogP contribution in [0.5, 0.6) is 0 Å². The zero-order valence-electron chi connectivity index (χ0n) is 27.7. The first-order valence-electron chi connectivity index (χ1n) is 16.9. The molecule has 6 aromatic rings. The molecule has 3 nitrogen and oxygen atoms in total. The average Bonchev–Trinajstić information content (AvgIpc) is 3.69. The summed E-state index contributed by atoms with van der Waals surface area (Å²) in [6.45, 7) is 7.85. The van der Waals surface area contributed by atoms with Crippen molar-refractivity contribution in [3.63, 3.8) is 0 Å². The predicted octanol–water partition coefficient (Wildman–Crippen LogP) is 8.48. The Kier molecular flexibility index (Phi) is 8.57. The van der Waals surface area contributed by atoms with Gasteiger partial charge in [-0.25, -0.2) is 4.98 Å². The molecular formula is C43H44N2OSi. The summed E-state index contributed by atoms with van der Waals surface area (Å²) >= 11 is 0. The van der Waals surface area contributed by atoms with Gasteiger partial charge in [0.25, 0.3) is 8.32 Å². The second-order valence-corrected chi connectivity index (χ2v) is 18.3. The van der Waals surface area contributed by atoms with Crippen molar-refractivity contribution in [2.45, 2.75) is 44.2 Å². The molecule has 1 aliphatic carbocycles. The Morgan fingerprint density at radius 3 is 1.47 bits per heavy atom. The van der Waals surface area contributed by atoms with Crippen molar-refractivity contribution < 1.29 is 4.43 Å². The lowest BCUT2D eigenvalue weighted by Gasteiger charge is -2.43. The van der Waals surface area contributed by atoms with E-state index < -0.39 is 13.9 Å². The maximum atomic E-state index is 7.30. The van der Waals surface area contributed by atoms with Crippen molar-refractivity contribution in [3.8, 4) is 0 Å². The highest BCUT2D eigenvalue weighted by atomic mass is 28.4. The molecule has 47 heavy (non-hydrogen) atoms. The monoisotopic (exact) mass is 632 g/mol. The molecule has 0 radical (unpaired) electrons. The summed E-state index contributed by atoms with van der Waals surface area (Å²) in [5, 5.41) is 2.66. The zero-order chi connectivity index (χ0) is 32.3. The second-order valence-electron chi connectivity index (χ2n) is 14.0. The Morgan fingerprint density at radius 2 is 1.04 bits per heavy atom. The van der Waals surface area contributed by atoms with Crippen LogP contribution in [0.3, 0.4) is 0 Å². The molecule has 4 heteroatoms. The van der Waals surface area contributed by atoms with Gasteiger partial charge < -0.3 is 8.99 Å². The zero-order valence-corrected chi connectivity index (χ0v) is 28.7. The molecule has 1 fully saturated rings. The predicted molar refractivity (Wildman–Crippen MR) is 196 cm³/mol. The highest BCUT2D eigenvalue weighted by Gasteiger charge is 2.51. The van der Waals surface area contributed by atoms with Gasteiger partial charge in [0.05, 0.1) is 12.0 Å². The number of hydrogen-bond acceptors (Lipinski definition) is 2. The highest BCUT2D eigenvalue weighted by Crippen LogP contribution is 2.45. The summed E-state index contributed by atoms with van der Waals surface area (Å²) in [5.74, 6) is 1.10. The first-order valence-corrected chi connectivity index (χ1v) is 18.8. The van der Waals surface area contributed by atoms with Gasteiger partial charge in [-0.05, 0) is 56.8 Å². The molecule has 1 saturated carbocycles. The van der Waals surface area contributed by atoms with Crippen molar-refractivity contribution in [1.29, 1.82) is 0 Å². The van der Waals surface area contributed by atoms with E-state index in [0.29, 0.717) is 11.8 Å². The molecule has 0 spiro atoms. The fourth-order valence-electron chi connectivity index (χ4n) is 7.66. The van der Waals surface area contributed by atoms with Gasteiger partial charge in [0.2, 0.25) is 0 Å². The normalized spacial score (nSPS) is 16.6. The third kappa shape index (κ3) is 5.81. The summed E-state index contributed by atoms with van der Waals surface area (Å²) in [7, 11) is -2.55. The van der Waals surface area contributed by atoms with Crippen molar-refractivity contribution in [2.75, 3.05) is 6.61 Å². The van der Waals surface area contributed by atoms with E-state index in [4.69, 9.17) is 9.41 Å². The first-order chi connectivity index (χ1) is 22.9. The third-order valence-electron chi connectivity index (χ3n) is 10.1. The third-order valence-corrected chi connectivity index (χ3v) is 15.1. The van der Waals surface area contributed by atoms with Gasteiger partial charge in [0.1, 0.15) is 5.54 Å². The van der Waals surface area contributed by atoms with Crippen molar-refractivity contribution in [2.24, 2.45) is 11.8 Å². The van der Waals surface area contributed by atoms with E-state index in [0.717, 1.165) is 18.7 Å². The van der Waals surface area contributed by atoms with Crippen LogP contribution in [0, 0.1) is 11.8 Å². The molecule has 5 aromatic carbocycles. The van der Waals surface area contributed by atoms with Crippen LogP contribution in [0.2, 0.25) is 5.04 Å². The minimum absolute atomic E-state index is 0.0193. The lowest BCUT2D eigenvalue weighted by molar-refractivity contribution is 0.274. The molecule has 0 N–H and O–H groups in total. The minimum atomic E-state index is -2.55. The van der Waals surface area contributed by atoms with Crippen molar-refractivity contribution >= 4 is 18.7 Å². The van der Waals surface area contributed by atoms with E-state index in [-0.39, 0.29) is 5.04 Å². The standard InChI is InChI=1S/C43H44N2OSi/c1-42(2,3)47(40-25-15-7-16-26-40,41-27-17-8-18-28-41)46-32-35-29-34(35)30-39-31-45(33-44-39)43(36-19-9-4-10-20-36,37-21-11-5-12-22-37)38-23-13-6-14-24-38/h4-28,31,33-35H,29-30,32H2,1-3H3/t34-,35+/m0/s1. The molecule has 236 valence electrons. The van der Waals surface area contributed by atoms with Crippen LogP contribution >= 0.6 is 0 Å². The number of nitrogens with zero attached hydrogens (tertiary/aromatic N) is 2. The number of aromatic nitrogens is 2. The topological polar surface area (TPSA) is 27.1 Å². The molecule has 2 atom stereocenters. The quantitative estimate of drug-likeness (QED) is 0.106. The molecular weight excluding hydrogens is 589 g/mol. The van der Waals surface area contributed by atoms with Crippen molar-refractivity contribution in [1.82, 2.24) is 9.55 Å². The summed E-state index contributed by atoms with van der Waals surface area (Å²) in [6.07, 6.45) is 6.45. The summed E-state index contributed by atoms with van der Waals surface area (Å²) in [4.78, 5) is 5.05. The van der Waals surface area contributed by atoms with Crippen molar-refractivity contribution in [3.05, 3.63) is 187 Å². The maximum absolute atomic E-state index is 7.30. The van der Waals surface area contributed by atoms with E-state index in [2.05, 4.69) is 183 Å². The molecule has 0 bridgehead atoms. The van der Waals surface area contributed by atoms with Crippen LogP contribution in [0.25, 0.3) is 0 Å². The molecule has 1 aliphatic rings. The van der Waals surface area contributed by atoms with Crippen LogP contribution in [-0.4, -0.2) is 24.5 Å². The fourth-order valence-corrected chi connectivity index (χ4v) is 12.3. The second kappa shape index (κ2) is 12.9. The lowest BCUT2D eigenvalue weighted by atomic mass is 9.77. The smallest absolute Gasteiger partial charge is 0.261 e. The van der Waals surface area contributed by atoms with Crippen LogP contribution in [0.1, 0.15) is 49.6 Å². The fraction of sp³-hybridized carbons (Fsp3) is 0.233. The summed E-state index contributed by atoms with van der Waals surface area (Å²) in [6, 6.07) is 54.4. The minimum Gasteiger partial charge on any atom is -0.407 e. The molecule has 7 rings (SSSR count). The van der Waals surface area contributed by atoms with E-state index in [1.54, 1.807) is 0 Å². The Balaban J connectivity index is 1.17. The Labute approximate surface area is 281 Å². The number of hydrogen-bond donors (Lipinski definition) is 0. The Morgan fingerprint density at radius 1 is 0.617 bits per heavy atom. The summed E-state index contributed by atoms with van der Waals surface area (Å²) in [5.41, 5.74) is 4.23. The van der Waals surface area contributed by atoms with Gasteiger partial charge in [-0.1, -0.05) is 172 Å². The van der Waals surface area contributed by atoms with Crippen LogP contribution in [0.15, 0.2) is 164 Å². The number of rotatable bonds is 11. The number of imidazole rings is 1. The van der Waals surface area contributed by atoms with Gasteiger partial charge in [-0.3, -0.25) is 0 Å². The first kappa shape index (κ1) is 31.1. The van der Waals surface area contributed by atoms with Gasteiger partial charge in [0, 0.05) is 12.8 Å². The van der Waals surface area contributed by atoms with Crippen LogP contribution < -0.4 is 10.4 Å². The van der Waals surface area contributed by atoms with Gasteiger partial charge >= 0.3 is 0 Å². The van der Waals surface area contributed by atoms with Gasteiger partial charge in [-0.15, -0.1) is 0 Å². The average molecular weight is 633 g/mol. The molecule has 0 amide bonds. The Bertz CT molecular complexity index is 1730. The van der Waals surface area contributed by atoms with Crippen LogP contribution in [-0.2, 0) is 16.4 Å². The van der Waals surface area contributed by atoms with Gasteiger partial charge in [0.15, 0.2) is 0 Å². The molecule has 0 aliphatic heterocycles. The molecule has 1 heterocycles. The van der Waals surface area contributed by atoms with Gasteiger partial charge in [-0.2, -0.15) is 0 Å². The molecule has 1 aromatic heterocycles. The lowest BCUT2D eigenvalue weighted by Crippen LogP contribution is -2.66. The SMILES string of the molecule is CC(C)(C)[Si](OC[C@H]1C[C@H]1Cc1cn(C(c2ccccc2)(c2ccccc2)c2ccccc2)cn1)(c1ccccc1)c1ccccc1. The number of benzene rings is 5. The van der Waals surface area contributed by atoms with E-state index in [1.807, 2.05) is 6.33 Å². The van der Waals surface area contributed by atoms with E-state index in [1.165, 1.54) is 33.5 Å².